The zero-order valence-corrected chi connectivity index (χ0v) is 17.2. The first kappa shape index (κ1) is 20.6. The van der Waals surface area contributed by atoms with Crippen LogP contribution in [0.3, 0.4) is 0 Å². The monoisotopic (exact) mass is 389 g/mol. The quantitative estimate of drug-likeness (QED) is 0.540. The van der Waals surface area contributed by atoms with Gasteiger partial charge in [-0.1, -0.05) is 42.5 Å². The van der Waals surface area contributed by atoms with Crippen molar-refractivity contribution in [3.63, 3.8) is 0 Å². The average molecular weight is 389 g/mol. The second-order valence-electron chi connectivity index (χ2n) is 6.94. The van der Waals surface area contributed by atoms with Gasteiger partial charge in [-0.3, -0.25) is 4.79 Å². The van der Waals surface area contributed by atoms with E-state index in [0.717, 1.165) is 33.7 Å². The maximum Gasteiger partial charge on any atom is 0.255 e. The highest BCUT2D eigenvalue weighted by Gasteiger charge is 2.13. The number of carbonyl (C=O) groups excluding carboxylic acids is 1. The van der Waals surface area contributed by atoms with Crippen molar-refractivity contribution in [2.24, 2.45) is 0 Å². The van der Waals surface area contributed by atoms with Crippen LogP contribution in [-0.2, 0) is 18.0 Å². The molecule has 0 bridgehead atoms. The van der Waals surface area contributed by atoms with Crippen LogP contribution in [0, 0.1) is 13.8 Å². The van der Waals surface area contributed by atoms with E-state index < -0.39 is 0 Å². The number of hydrogen-bond acceptors (Lipinski definition) is 3. The topological polar surface area (TPSA) is 47.6 Å². The molecule has 0 aliphatic heterocycles. The zero-order valence-electron chi connectivity index (χ0n) is 17.2. The van der Waals surface area contributed by atoms with E-state index in [4.69, 9.17) is 9.47 Å². The van der Waals surface area contributed by atoms with Gasteiger partial charge in [-0.25, -0.2) is 0 Å². The molecule has 0 spiro atoms. The number of aryl methyl sites for hydroxylation is 1. The van der Waals surface area contributed by atoms with E-state index in [2.05, 4.69) is 5.32 Å². The molecule has 0 saturated carbocycles. The van der Waals surface area contributed by atoms with E-state index in [9.17, 15) is 4.79 Å². The van der Waals surface area contributed by atoms with Crippen LogP contribution in [0.2, 0.25) is 0 Å². The fourth-order valence-electron chi connectivity index (χ4n) is 3.06. The number of carbonyl (C=O) groups is 1. The molecule has 150 valence electrons. The van der Waals surface area contributed by atoms with Crippen molar-refractivity contribution in [3.8, 4) is 5.75 Å². The number of ether oxygens (including phenoxy) is 2. The Kier molecular flexibility index (Phi) is 7.04. The summed E-state index contributed by atoms with van der Waals surface area (Å²) in [6.07, 6.45) is 0. The molecule has 0 aliphatic carbocycles. The lowest BCUT2D eigenvalue weighted by Gasteiger charge is -2.14. The van der Waals surface area contributed by atoms with Crippen LogP contribution in [0.25, 0.3) is 0 Å². The molecular formula is C25H27NO3. The third-order valence-corrected chi connectivity index (χ3v) is 4.84. The third-order valence-electron chi connectivity index (χ3n) is 4.84. The Bertz CT molecular complexity index is 967. The van der Waals surface area contributed by atoms with Crippen molar-refractivity contribution >= 4 is 11.6 Å². The van der Waals surface area contributed by atoms with Gasteiger partial charge >= 0.3 is 0 Å². The molecule has 0 heterocycles. The normalized spacial score (nSPS) is 10.6. The minimum atomic E-state index is -0.147. The minimum Gasteiger partial charge on any atom is -0.494 e. The first-order valence-electron chi connectivity index (χ1n) is 9.83. The molecule has 3 aromatic rings. The summed E-state index contributed by atoms with van der Waals surface area (Å²) in [5.41, 5.74) is 5.58. The Morgan fingerprint density at radius 3 is 2.48 bits per heavy atom. The Morgan fingerprint density at radius 2 is 1.72 bits per heavy atom. The Labute approximate surface area is 172 Å². The van der Waals surface area contributed by atoms with Gasteiger partial charge in [-0.2, -0.15) is 0 Å². The van der Waals surface area contributed by atoms with Crippen molar-refractivity contribution in [1.29, 1.82) is 0 Å². The maximum absolute atomic E-state index is 12.8. The molecule has 4 heteroatoms. The molecule has 3 aromatic carbocycles. The van der Waals surface area contributed by atoms with Gasteiger partial charge in [-0.05, 0) is 61.7 Å². The second kappa shape index (κ2) is 9.89. The predicted molar refractivity (Wildman–Crippen MR) is 116 cm³/mol. The molecule has 3 rings (SSSR count). The first-order chi connectivity index (χ1) is 14.1. The highest BCUT2D eigenvalue weighted by atomic mass is 16.5. The van der Waals surface area contributed by atoms with Crippen LogP contribution in [0.4, 0.5) is 5.69 Å². The lowest BCUT2D eigenvalue weighted by atomic mass is 10.1. The van der Waals surface area contributed by atoms with Gasteiger partial charge in [0, 0.05) is 16.8 Å². The van der Waals surface area contributed by atoms with E-state index in [1.54, 1.807) is 6.07 Å². The Balaban J connectivity index is 1.74. The number of rotatable bonds is 8. The summed E-state index contributed by atoms with van der Waals surface area (Å²) in [5.74, 6) is 0.593. The van der Waals surface area contributed by atoms with Crippen molar-refractivity contribution in [2.45, 2.75) is 34.0 Å². The van der Waals surface area contributed by atoms with E-state index in [-0.39, 0.29) is 5.91 Å². The summed E-state index contributed by atoms with van der Waals surface area (Å²) in [6, 6.07) is 21.4. The fourth-order valence-corrected chi connectivity index (χ4v) is 3.06. The lowest BCUT2D eigenvalue weighted by molar-refractivity contribution is 0.101. The molecule has 0 radical (unpaired) electrons. The Morgan fingerprint density at radius 1 is 0.931 bits per heavy atom. The number of nitrogens with one attached hydrogen (secondary N) is 1. The fraction of sp³-hybridized carbons (Fsp3) is 0.240. The second-order valence-corrected chi connectivity index (χ2v) is 6.94. The molecule has 0 fully saturated rings. The van der Waals surface area contributed by atoms with E-state index in [0.29, 0.717) is 25.4 Å². The molecule has 29 heavy (non-hydrogen) atoms. The van der Waals surface area contributed by atoms with Crippen LogP contribution in [0.5, 0.6) is 5.75 Å². The largest absolute Gasteiger partial charge is 0.494 e. The number of amides is 1. The van der Waals surface area contributed by atoms with Crippen molar-refractivity contribution in [2.75, 3.05) is 11.9 Å². The zero-order chi connectivity index (χ0) is 20.6. The van der Waals surface area contributed by atoms with E-state index in [1.165, 1.54) is 0 Å². The van der Waals surface area contributed by atoms with Crippen LogP contribution >= 0.6 is 0 Å². The standard InChI is InChI=1S/C25H27NO3/c1-4-29-24-14-13-21(25(27)26-23-12-8-9-18(2)19(23)3)15-22(24)17-28-16-20-10-6-5-7-11-20/h5-15H,4,16-17H2,1-3H3,(H,26,27). The SMILES string of the molecule is CCOc1ccc(C(=O)Nc2cccc(C)c2C)cc1COCc1ccccc1. The third kappa shape index (κ3) is 5.46. The summed E-state index contributed by atoms with van der Waals surface area (Å²) in [4.78, 5) is 12.8. The molecule has 0 saturated heterocycles. The molecular weight excluding hydrogens is 362 g/mol. The summed E-state index contributed by atoms with van der Waals surface area (Å²) in [7, 11) is 0. The summed E-state index contributed by atoms with van der Waals surface area (Å²) in [6.45, 7) is 7.41. The van der Waals surface area contributed by atoms with Crippen molar-refractivity contribution in [1.82, 2.24) is 0 Å². The molecule has 1 N–H and O–H groups in total. The molecule has 1 amide bonds. The van der Waals surface area contributed by atoms with Gasteiger partial charge in [0.05, 0.1) is 19.8 Å². The molecule has 0 aliphatic rings. The summed E-state index contributed by atoms with van der Waals surface area (Å²) in [5, 5.41) is 3.01. The molecule has 0 unspecified atom stereocenters. The van der Waals surface area contributed by atoms with Crippen molar-refractivity contribution < 1.29 is 14.3 Å². The molecule has 0 aromatic heterocycles. The minimum absolute atomic E-state index is 0.147. The van der Waals surface area contributed by atoms with Crippen LogP contribution in [0.1, 0.15) is 39.5 Å². The Hall–Kier alpha value is -3.11. The van der Waals surface area contributed by atoms with Gasteiger partial charge < -0.3 is 14.8 Å². The summed E-state index contributed by atoms with van der Waals surface area (Å²) < 4.78 is 11.6. The highest BCUT2D eigenvalue weighted by Crippen LogP contribution is 2.24. The van der Waals surface area contributed by atoms with E-state index >= 15 is 0 Å². The number of benzene rings is 3. The molecule has 4 nitrogen and oxygen atoms in total. The van der Waals surface area contributed by atoms with Gasteiger partial charge in [0.15, 0.2) is 0 Å². The average Bonchev–Trinajstić information content (AvgIpc) is 2.73. The molecule has 0 atom stereocenters. The lowest BCUT2D eigenvalue weighted by Crippen LogP contribution is -2.14. The maximum atomic E-state index is 12.8. The predicted octanol–water partition coefficient (Wildman–Crippen LogP) is 5.67. The number of hydrogen-bond donors (Lipinski definition) is 1. The van der Waals surface area contributed by atoms with Gasteiger partial charge in [0.2, 0.25) is 0 Å². The van der Waals surface area contributed by atoms with Gasteiger partial charge in [-0.15, -0.1) is 0 Å². The van der Waals surface area contributed by atoms with E-state index in [1.807, 2.05) is 81.4 Å². The highest BCUT2D eigenvalue weighted by molar-refractivity contribution is 6.05. The van der Waals surface area contributed by atoms with Gasteiger partial charge in [0.1, 0.15) is 5.75 Å². The van der Waals surface area contributed by atoms with Crippen molar-refractivity contribution in [3.05, 3.63) is 94.5 Å². The number of anilines is 1. The van der Waals surface area contributed by atoms with Gasteiger partial charge in [0.25, 0.3) is 5.91 Å². The van der Waals surface area contributed by atoms with Crippen LogP contribution in [0.15, 0.2) is 66.7 Å². The first-order valence-corrected chi connectivity index (χ1v) is 9.83. The van der Waals surface area contributed by atoms with Crippen LogP contribution < -0.4 is 10.1 Å². The van der Waals surface area contributed by atoms with Crippen LogP contribution in [-0.4, -0.2) is 12.5 Å². The smallest absolute Gasteiger partial charge is 0.255 e. The summed E-state index contributed by atoms with van der Waals surface area (Å²) >= 11 is 0.